The van der Waals surface area contributed by atoms with E-state index in [1.54, 1.807) is 32.7 Å². The van der Waals surface area contributed by atoms with E-state index in [0.717, 1.165) is 30.5 Å². The third-order valence-corrected chi connectivity index (χ3v) is 9.12. The van der Waals surface area contributed by atoms with Crippen molar-refractivity contribution in [3.05, 3.63) is 51.8 Å². The molecule has 1 spiro atoms. The molecule has 0 bridgehead atoms. The average molecular weight is 580 g/mol. The van der Waals surface area contributed by atoms with Gasteiger partial charge in [0.25, 0.3) is 11.8 Å². The SMILES string of the molecule is CCn1nc(C[C@H](C)Cc2c(C(=O)O)cccc2C(=O)N2CCN(C(C)=O)CC2)c2c1C(=O)NCC1(CCOCC1)C2. The highest BCUT2D eigenvalue weighted by atomic mass is 16.5. The van der Waals surface area contributed by atoms with Crippen LogP contribution in [0.2, 0.25) is 0 Å². The summed E-state index contributed by atoms with van der Waals surface area (Å²) in [6.07, 6.45) is 3.41. The van der Waals surface area contributed by atoms with Gasteiger partial charge in [-0.1, -0.05) is 13.0 Å². The summed E-state index contributed by atoms with van der Waals surface area (Å²) in [7, 11) is 0. The Bertz CT molecular complexity index is 1370. The second-order valence-electron chi connectivity index (χ2n) is 12.0. The number of carbonyl (C=O) groups excluding carboxylic acids is 3. The smallest absolute Gasteiger partial charge is 0.335 e. The van der Waals surface area contributed by atoms with Crippen molar-refractivity contribution in [1.82, 2.24) is 24.9 Å². The van der Waals surface area contributed by atoms with Gasteiger partial charge in [0.2, 0.25) is 5.91 Å². The van der Waals surface area contributed by atoms with Crippen LogP contribution in [0, 0.1) is 11.3 Å². The number of piperazine rings is 1. The van der Waals surface area contributed by atoms with Crippen molar-refractivity contribution in [3.63, 3.8) is 0 Å². The molecule has 0 saturated carbocycles. The molecule has 2 N–H and O–H groups in total. The van der Waals surface area contributed by atoms with E-state index >= 15 is 0 Å². The summed E-state index contributed by atoms with van der Waals surface area (Å²) in [5, 5.41) is 18.0. The zero-order chi connectivity index (χ0) is 30.0. The predicted octanol–water partition coefficient (Wildman–Crippen LogP) is 2.41. The van der Waals surface area contributed by atoms with Crippen LogP contribution in [0.1, 0.15) is 81.6 Å². The highest BCUT2D eigenvalue weighted by molar-refractivity contribution is 6.00. The molecule has 0 unspecified atom stereocenters. The van der Waals surface area contributed by atoms with Crippen molar-refractivity contribution in [2.24, 2.45) is 11.3 Å². The molecular formula is C31H41N5O6. The van der Waals surface area contributed by atoms with Gasteiger partial charge < -0.3 is 25.0 Å². The van der Waals surface area contributed by atoms with Gasteiger partial charge in [0.1, 0.15) is 5.69 Å². The van der Waals surface area contributed by atoms with Crippen molar-refractivity contribution in [2.45, 2.75) is 59.4 Å². The second-order valence-corrected chi connectivity index (χ2v) is 12.0. The second kappa shape index (κ2) is 12.2. The zero-order valence-corrected chi connectivity index (χ0v) is 24.8. The molecule has 3 aliphatic heterocycles. The molecule has 2 fully saturated rings. The molecule has 2 saturated heterocycles. The van der Waals surface area contributed by atoms with Gasteiger partial charge in [0, 0.05) is 70.5 Å². The van der Waals surface area contributed by atoms with Gasteiger partial charge in [-0.15, -0.1) is 0 Å². The molecule has 1 aromatic carbocycles. The largest absolute Gasteiger partial charge is 0.478 e. The Balaban J connectivity index is 1.41. The van der Waals surface area contributed by atoms with Crippen LogP contribution in [-0.4, -0.2) is 94.3 Å². The fraction of sp³-hybridized carbons (Fsp3) is 0.581. The Labute approximate surface area is 246 Å². The number of carboxylic acid groups (broad SMARTS) is 1. The number of amides is 3. The molecule has 0 radical (unpaired) electrons. The van der Waals surface area contributed by atoms with Crippen molar-refractivity contribution in [3.8, 4) is 0 Å². The molecule has 42 heavy (non-hydrogen) atoms. The highest BCUT2D eigenvalue weighted by Crippen LogP contribution is 2.38. The lowest BCUT2D eigenvalue weighted by Gasteiger charge is -2.36. The summed E-state index contributed by atoms with van der Waals surface area (Å²) in [6, 6.07) is 4.86. The van der Waals surface area contributed by atoms with Gasteiger partial charge in [0.15, 0.2) is 0 Å². The van der Waals surface area contributed by atoms with Crippen molar-refractivity contribution in [1.29, 1.82) is 0 Å². The lowest BCUT2D eigenvalue weighted by molar-refractivity contribution is -0.130. The zero-order valence-electron chi connectivity index (χ0n) is 24.8. The van der Waals surface area contributed by atoms with Crippen LogP contribution in [0.25, 0.3) is 0 Å². The molecule has 11 heteroatoms. The summed E-state index contributed by atoms with van der Waals surface area (Å²) in [5.41, 5.74) is 3.41. The number of aromatic nitrogens is 2. The number of carboxylic acids is 1. The van der Waals surface area contributed by atoms with E-state index in [4.69, 9.17) is 9.84 Å². The van der Waals surface area contributed by atoms with E-state index < -0.39 is 5.97 Å². The van der Waals surface area contributed by atoms with Crippen LogP contribution in [0.4, 0.5) is 0 Å². The van der Waals surface area contributed by atoms with Crippen LogP contribution in [0.15, 0.2) is 18.2 Å². The quantitative estimate of drug-likeness (QED) is 0.515. The number of nitrogens with zero attached hydrogens (tertiary/aromatic N) is 4. The number of rotatable bonds is 7. The molecule has 1 atom stereocenters. The van der Waals surface area contributed by atoms with Crippen LogP contribution in [0.3, 0.4) is 0 Å². The third kappa shape index (κ3) is 5.92. The lowest BCUT2D eigenvalue weighted by Crippen LogP contribution is -2.50. The van der Waals surface area contributed by atoms with Gasteiger partial charge in [0.05, 0.1) is 11.3 Å². The summed E-state index contributed by atoms with van der Waals surface area (Å²) in [4.78, 5) is 54.3. The Kier molecular flexibility index (Phi) is 8.68. The first-order valence-electron chi connectivity index (χ1n) is 15.0. The lowest BCUT2D eigenvalue weighted by atomic mass is 9.75. The number of nitrogens with one attached hydrogen (secondary N) is 1. The number of hydrogen-bond donors (Lipinski definition) is 2. The average Bonchev–Trinajstić information content (AvgIpc) is 3.24. The maximum Gasteiger partial charge on any atom is 0.335 e. The molecule has 226 valence electrons. The Hall–Kier alpha value is -3.73. The van der Waals surface area contributed by atoms with E-state index in [2.05, 4.69) is 5.32 Å². The first-order chi connectivity index (χ1) is 20.1. The topological polar surface area (TPSA) is 134 Å². The van der Waals surface area contributed by atoms with Crippen molar-refractivity contribution in [2.75, 3.05) is 45.9 Å². The number of aromatic carboxylic acids is 1. The van der Waals surface area contributed by atoms with Crippen LogP contribution < -0.4 is 5.32 Å². The van der Waals surface area contributed by atoms with Gasteiger partial charge in [-0.25, -0.2) is 4.79 Å². The summed E-state index contributed by atoms with van der Waals surface area (Å²) in [6.45, 7) is 9.77. The summed E-state index contributed by atoms with van der Waals surface area (Å²) >= 11 is 0. The fourth-order valence-corrected chi connectivity index (χ4v) is 6.68. The minimum absolute atomic E-state index is 0.0203. The van der Waals surface area contributed by atoms with E-state index in [1.807, 2.05) is 13.8 Å². The third-order valence-electron chi connectivity index (χ3n) is 9.12. The van der Waals surface area contributed by atoms with E-state index in [0.29, 0.717) is 82.1 Å². The maximum absolute atomic E-state index is 13.7. The van der Waals surface area contributed by atoms with E-state index in [1.165, 1.54) is 6.92 Å². The van der Waals surface area contributed by atoms with Crippen LogP contribution >= 0.6 is 0 Å². The van der Waals surface area contributed by atoms with Gasteiger partial charge in [-0.05, 0) is 68.1 Å². The molecule has 3 aliphatic rings. The minimum atomic E-state index is -1.07. The Morgan fingerprint density at radius 1 is 1.07 bits per heavy atom. The molecule has 4 heterocycles. The maximum atomic E-state index is 13.7. The molecule has 0 aliphatic carbocycles. The summed E-state index contributed by atoms with van der Waals surface area (Å²) < 4.78 is 7.41. The number of carbonyl (C=O) groups is 4. The molecule has 3 amide bonds. The highest BCUT2D eigenvalue weighted by Gasteiger charge is 2.40. The van der Waals surface area contributed by atoms with Crippen LogP contribution in [-0.2, 0) is 35.3 Å². The minimum Gasteiger partial charge on any atom is -0.478 e. The number of aryl methyl sites for hydroxylation is 1. The van der Waals surface area contributed by atoms with Gasteiger partial charge in [-0.3, -0.25) is 19.1 Å². The first kappa shape index (κ1) is 29.8. The van der Waals surface area contributed by atoms with Gasteiger partial charge in [-0.2, -0.15) is 5.10 Å². The molecule has 5 rings (SSSR count). The first-order valence-corrected chi connectivity index (χ1v) is 15.0. The number of fused-ring (bicyclic) bond motifs is 1. The summed E-state index contributed by atoms with van der Waals surface area (Å²) in [5.74, 6) is -1.46. The Morgan fingerprint density at radius 2 is 1.74 bits per heavy atom. The molecule has 11 nitrogen and oxygen atoms in total. The fourth-order valence-electron chi connectivity index (χ4n) is 6.68. The normalized spacial score (nSPS) is 19.2. The van der Waals surface area contributed by atoms with E-state index in [9.17, 15) is 24.3 Å². The number of benzene rings is 1. The standard InChI is InChI=1S/C31H41N5O6/c1-4-36-27-25(18-31(19-32-28(27)38)8-14-42-15-9-31)26(33-36)17-20(2)16-24-22(6-5-7-23(24)30(40)41)29(39)35-12-10-34(11-13-35)21(3)37/h5-7,20H,4,8-19H2,1-3H3,(H,32,38)(H,40,41)/t20-/m1/s1. The van der Waals surface area contributed by atoms with Crippen molar-refractivity contribution >= 4 is 23.7 Å². The molecule has 1 aromatic heterocycles. The van der Waals surface area contributed by atoms with Crippen molar-refractivity contribution < 1.29 is 29.0 Å². The van der Waals surface area contributed by atoms with Crippen LogP contribution in [0.5, 0.6) is 0 Å². The predicted molar refractivity (Wildman–Crippen MR) is 155 cm³/mol. The number of ether oxygens (including phenoxy) is 1. The van der Waals surface area contributed by atoms with Gasteiger partial charge >= 0.3 is 5.97 Å². The monoisotopic (exact) mass is 579 g/mol. The molecular weight excluding hydrogens is 538 g/mol. The number of hydrogen-bond acceptors (Lipinski definition) is 6. The Morgan fingerprint density at radius 3 is 2.38 bits per heavy atom. The van der Waals surface area contributed by atoms with E-state index in [-0.39, 0.29) is 34.6 Å². The molecule has 2 aromatic rings.